The number of carbonyl (C=O) groups is 1. The number of hydrogen-bond acceptors (Lipinski definition) is 3. The van der Waals surface area contributed by atoms with E-state index in [1.807, 2.05) is 29.4 Å². The van der Waals surface area contributed by atoms with Crippen molar-refractivity contribution in [2.75, 3.05) is 37.8 Å². The number of urea groups is 1. The van der Waals surface area contributed by atoms with Gasteiger partial charge in [-0.25, -0.2) is 4.79 Å². The first-order valence-corrected chi connectivity index (χ1v) is 11.4. The first kappa shape index (κ1) is 19.3. The molecule has 2 fully saturated rings. The molecule has 2 heterocycles. The van der Waals surface area contributed by atoms with Crippen LogP contribution in [0.1, 0.15) is 18.4 Å². The highest BCUT2D eigenvalue weighted by atomic mass is 32.2. The molecule has 0 unspecified atom stereocenters. The lowest BCUT2D eigenvalue weighted by Gasteiger charge is -2.47. The Bertz CT molecular complexity index is 783. The number of benzene rings is 2. The van der Waals surface area contributed by atoms with E-state index in [0.29, 0.717) is 6.04 Å². The van der Waals surface area contributed by atoms with Crippen molar-refractivity contribution in [3.05, 3.63) is 60.2 Å². The molecule has 4 rings (SSSR count). The largest absolute Gasteiger partial charge is 0.321 e. The molecule has 5 heteroatoms. The van der Waals surface area contributed by atoms with Crippen LogP contribution in [0.4, 0.5) is 10.5 Å². The summed E-state index contributed by atoms with van der Waals surface area (Å²) in [6.07, 6.45) is 5.77. The van der Waals surface area contributed by atoms with Gasteiger partial charge in [-0.3, -0.25) is 4.90 Å². The molecular weight excluding hydrogens is 366 g/mol. The van der Waals surface area contributed by atoms with E-state index in [4.69, 9.17) is 0 Å². The molecule has 0 aliphatic carbocycles. The first-order valence-electron chi connectivity index (χ1n) is 10.2. The van der Waals surface area contributed by atoms with Crippen LogP contribution in [0.25, 0.3) is 0 Å². The quantitative estimate of drug-likeness (QED) is 0.753. The average molecular weight is 396 g/mol. The summed E-state index contributed by atoms with van der Waals surface area (Å²) < 4.78 is 0. The van der Waals surface area contributed by atoms with Crippen molar-refractivity contribution in [2.45, 2.75) is 30.2 Å². The van der Waals surface area contributed by atoms with E-state index in [-0.39, 0.29) is 6.03 Å². The minimum Gasteiger partial charge on any atom is -0.321 e. The third-order valence-electron chi connectivity index (χ3n) is 6.00. The van der Waals surface area contributed by atoms with Crippen LogP contribution in [-0.4, -0.2) is 54.3 Å². The van der Waals surface area contributed by atoms with Crippen molar-refractivity contribution in [2.24, 2.45) is 5.92 Å². The number of amides is 2. The third kappa shape index (κ3) is 4.70. The van der Waals surface area contributed by atoms with Gasteiger partial charge in [0, 0.05) is 29.7 Å². The standard InChI is InChI=1S/C23H29N3OS/c1-28-22-9-5-8-20(15-22)24-23(27)26-16-21(17-26)25-12-10-19(11-13-25)14-18-6-3-2-4-7-18/h2-9,15,19,21H,10-14,16-17H2,1H3,(H,24,27). The number of carbonyl (C=O) groups excluding carboxylic acids is 1. The second-order valence-corrected chi connectivity index (χ2v) is 8.77. The molecule has 0 atom stereocenters. The second-order valence-electron chi connectivity index (χ2n) is 7.89. The minimum atomic E-state index is 0.0217. The lowest BCUT2D eigenvalue weighted by Crippen LogP contribution is -2.63. The van der Waals surface area contributed by atoms with Crippen molar-refractivity contribution in [1.29, 1.82) is 0 Å². The van der Waals surface area contributed by atoms with Gasteiger partial charge in [-0.15, -0.1) is 11.8 Å². The highest BCUT2D eigenvalue weighted by Crippen LogP contribution is 2.26. The number of nitrogens with one attached hydrogen (secondary N) is 1. The summed E-state index contributed by atoms with van der Waals surface area (Å²) in [5.41, 5.74) is 2.33. The van der Waals surface area contributed by atoms with Gasteiger partial charge >= 0.3 is 6.03 Å². The molecule has 1 N–H and O–H groups in total. The van der Waals surface area contributed by atoms with Gasteiger partial charge in [-0.05, 0) is 68.3 Å². The van der Waals surface area contributed by atoms with E-state index in [1.165, 1.54) is 24.8 Å². The van der Waals surface area contributed by atoms with E-state index in [1.54, 1.807) is 11.8 Å². The van der Waals surface area contributed by atoms with Crippen LogP contribution in [0.2, 0.25) is 0 Å². The number of piperidine rings is 1. The van der Waals surface area contributed by atoms with E-state index < -0.39 is 0 Å². The Labute approximate surface area is 172 Å². The summed E-state index contributed by atoms with van der Waals surface area (Å²) in [6, 6.07) is 19.4. The normalized spacial score (nSPS) is 18.7. The van der Waals surface area contributed by atoms with Gasteiger partial charge in [-0.2, -0.15) is 0 Å². The number of hydrogen-bond donors (Lipinski definition) is 1. The zero-order chi connectivity index (χ0) is 19.3. The lowest BCUT2D eigenvalue weighted by atomic mass is 9.89. The Kier molecular flexibility index (Phi) is 6.23. The molecule has 2 amide bonds. The maximum Gasteiger partial charge on any atom is 0.321 e. The summed E-state index contributed by atoms with van der Waals surface area (Å²) in [5.74, 6) is 0.793. The van der Waals surface area contributed by atoms with Crippen molar-refractivity contribution >= 4 is 23.5 Å². The number of likely N-dealkylation sites (tertiary alicyclic amines) is 2. The first-order chi connectivity index (χ1) is 13.7. The molecule has 2 aliphatic heterocycles. The van der Waals surface area contributed by atoms with Crippen LogP contribution >= 0.6 is 11.8 Å². The van der Waals surface area contributed by atoms with Crippen LogP contribution in [0, 0.1) is 5.92 Å². The second kappa shape index (κ2) is 9.01. The molecule has 2 aromatic rings. The molecule has 2 saturated heterocycles. The van der Waals surface area contributed by atoms with Gasteiger partial charge in [-0.1, -0.05) is 36.4 Å². The zero-order valence-electron chi connectivity index (χ0n) is 16.5. The fraction of sp³-hybridized carbons (Fsp3) is 0.435. The minimum absolute atomic E-state index is 0.0217. The molecule has 0 radical (unpaired) electrons. The number of thioether (sulfide) groups is 1. The van der Waals surface area contributed by atoms with Gasteiger partial charge in [0.15, 0.2) is 0 Å². The smallest absolute Gasteiger partial charge is 0.321 e. The van der Waals surface area contributed by atoms with Gasteiger partial charge in [0.2, 0.25) is 0 Å². The lowest BCUT2D eigenvalue weighted by molar-refractivity contribution is 0.0383. The summed E-state index contributed by atoms with van der Waals surface area (Å²) in [7, 11) is 0. The molecule has 0 aromatic heterocycles. The predicted molar refractivity (Wildman–Crippen MR) is 117 cm³/mol. The monoisotopic (exact) mass is 395 g/mol. The van der Waals surface area contributed by atoms with E-state index >= 15 is 0 Å². The van der Waals surface area contributed by atoms with Gasteiger partial charge in [0.25, 0.3) is 0 Å². The zero-order valence-corrected chi connectivity index (χ0v) is 17.3. The van der Waals surface area contributed by atoms with Gasteiger partial charge < -0.3 is 10.2 Å². The van der Waals surface area contributed by atoms with Crippen LogP contribution in [0.5, 0.6) is 0 Å². The summed E-state index contributed by atoms with van der Waals surface area (Å²) in [6.45, 7) is 4.01. The molecule has 2 aromatic carbocycles. The number of anilines is 1. The van der Waals surface area contributed by atoms with E-state index in [0.717, 1.165) is 42.7 Å². The molecule has 28 heavy (non-hydrogen) atoms. The molecule has 0 saturated carbocycles. The Balaban J connectivity index is 1.20. The topological polar surface area (TPSA) is 35.6 Å². The Morgan fingerprint density at radius 2 is 1.82 bits per heavy atom. The fourth-order valence-electron chi connectivity index (χ4n) is 4.23. The number of nitrogens with zero attached hydrogens (tertiary/aromatic N) is 2. The summed E-state index contributed by atoms with van der Waals surface area (Å²) >= 11 is 1.69. The van der Waals surface area contributed by atoms with Crippen LogP contribution < -0.4 is 5.32 Å². The summed E-state index contributed by atoms with van der Waals surface area (Å²) in [4.78, 5) is 18.1. The maximum atomic E-state index is 12.5. The molecule has 2 aliphatic rings. The Morgan fingerprint density at radius 1 is 1.07 bits per heavy atom. The van der Waals surface area contributed by atoms with Gasteiger partial charge in [0.1, 0.15) is 0 Å². The SMILES string of the molecule is CSc1cccc(NC(=O)N2CC(N3CCC(Cc4ccccc4)CC3)C2)c1. The fourth-order valence-corrected chi connectivity index (χ4v) is 4.68. The van der Waals surface area contributed by atoms with E-state index in [2.05, 4.69) is 46.6 Å². The van der Waals surface area contributed by atoms with Crippen LogP contribution in [0.15, 0.2) is 59.5 Å². The highest BCUT2D eigenvalue weighted by Gasteiger charge is 2.36. The van der Waals surface area contributed by atoms with Crippen molar-refractivity contribution in [3.8, 4) is 0 Å². The highest BCUT2D eigenvalue weighted by molar-refractivity contribution is 7.98. The third-order valence-corrected chi connectivity index (χ3v) is 6.73. The molecule has 4 nitrogen and oxygen atoms in total. The molecular formula is C23H29N3OS. The predicted octanol–water partition coefficient (Wildman–Crippen LogP) is 4.58. The average Bonchev–Trinajstić information content (AvgIpc) is 2.69. The maximum absolute atomic E-state index is 12.5. The number of rotatable bonds is 5. The molecule has 148 valence electrons. The summed E-state index contributed by atoms with van der Waals surface area (Å²) in [5, 5.41) is 3.03. The molecule has 0 bridgehead atoms. The van der Waals surface area contributed by atoms with E-state index in [9.17, 15) is 4.79 Å². The van der Waals surface area contributed by atoms with Crippen molar-refractivity contribution in [3.63, 3.8) is 0 Å². The van der Waals surface area contributed by atoms with Crippen molar-refractivity contribution in [1.82, 2.24) is 9.80 Å². The Morgan fingerprint density at radius 3 is 2.54 bits per heavy atom. The van der Waals surface area contributed by atoms with Crippen molar-refractivity contribution < 1.29 is 4.79 Å². The van der Waals surface area contributed by atoms with Gasteiger partial charge in [0.05, 0.1) is 0 Å². The molecule has 0 spiro atoms. The van der Waals surface area contributed by atoms with Crippen LogP contribution in [-0.2, 0) is 6.42 Å². The van der Waals surface area contributed by atoms with Crippen LogP contribution in [0.3, 0.4) is 0 Å². The Hall–Kier alpha value is -1.98.